The molecule has 0 aliphatic rings. The Kier molecular flexibility index (Phi) is 5.95. The largest absolute Gasteiger partial charge is 0.322 e. The van der Waals surface area contributed by atoms with E-state index in [9.17, 15) is 10.1 Å². The topological polar surface area (TPSA) is 65.8 Å². The summed E-state index contributed by atoms with van der Waals surface area (Å²) in [6.45, 7) is 0. The van der Waals surface area contributed by atoms with Crippen molar-refractivity contribution in [3.05, 3.63) is 87.9 Å². The molecule has 1 N–H and O–H groups in total. The number of fused-ring (bicyclic) bond motifs is 1. The Labute approximate surface area is 184 Å². The van der Waals surface area contributed by atoms with Crippen LogP contribution >= 0.6 is 39.0 Å². The van der Waals surface area contributed by atoms with Crippen molar-refractivity contribution in [3.8, 4) is 6.07 Å². The molecule has 0 saturated heterocycles. The van der Waals surface area contributed by atoms with Crippen molar-refractivity contribution < 1.29 is 4.79 Å². The standard InChI is InChI=1S/C22H14BrN3OS2/c23-18-8-4-3-7-17(18)21(27)25-16-9-10-19-20(11-16)29-22(26-19)28-13-15-6-2-1-5-14(15)12-24/h1-11H,13H2,(H,25,27). The molecule has 0 aliphatic carbocycles. The minimum absolute atomic E-state index is 0.163. The quantitative estimate of drug-likeness (QED) is 0.332. The summed E-state index contributed by atoms with van der Waals surface area (Å²) in [6, 6.07) is 22.9. The van der Waals surface area contributed by atoms with Gasteiger partial charge in [-0.2, -0.15) is 5.26 Å². The molecule has 0 bridgehead atoms. The lowest BCUT2D eigenvalue weighted by atomic mass is 10.1. The fourth-order valence-corrected chi connectivity index (χ4v) is 5.36. The number of benzene rings is 3. The highest BCUT2D eigenvalue weighted by atomic mass is 79.9. The van der Waals surface area contributed by atoms with E-state index in [1.807, 2.05) is 60.7 Å². The molecule has 1 aromatic heterocycles. The first kappa shape index (κ1) is 19.6. The predicted molar refractivity (Wildman–Crippen MR) is 122 cm³/mol. The normalized spacial score (nSPS) is 10.6. The number of carbonyl (C=O) groups excluding carboxylic acids is 1. The Morgan fingerprint density at radius 1 is 1.14 bits per heavy atom. The van der Waals surface area contributed by atoms with Gasteiger partial charge < -0.3 is 5.32 Å². The van der Waals surface area contributed by atoms with Gasteiger partial charge in [-0.05, 0) is 57.9 Å². The second-order valence-electron chi connectivity index (χ2n) is 6.15. The Balaban J connectivity index is 1.50. The van der Waals surface area contributed by atoms with Gasteiger partial charge in [0.05, 0.1) is 27.4 Å². The molecule has 0 unspecified atom stereocenters. The van der Waals surface area contributed by atoms with Gasteiger partial charge in [0.1, 0.15) is 0 Å². The first-order chi connectivity index (χ1) is 14.1. The number of nitrogens with one attached hydrogen (secondary N) is 1. The molecule has 4 nitrogen and oxygen atoms in total. The van der Waals surface area contributed by atoms with E-state index in [0.29, 0.717) is 16.9 Å². The molecule has 0 fully saturated rings. The maximum Gasteiger partial charge on any atom is 0.256 e. The average Bonchev–Trinajstić information content (AvgIpc) is 3.15. The summed E-state index contributed by atoms with van der Waals surface area (Å²) in [4.78, 5) is 17.2. The van der Waals surface area contributed by atoms with E-state index in [4.69, 9.17) is 0 Å². The monoisotopic (exact) mass is 479 g/mol. The van der Waals surface area contributed by atoms with Crippen LogP contribution in [0.5, 0.6) is 0 Å². The lowest BCUT2D eigenvalue weighted by molar-refractivity contribution is 0.102. The third-order valence-electron chi connectivity index (χ3n) is 4.23. The highest BCUT2D eigenvalue weighted by molar-refractivity contribution is 9.10. The number of hydrogen-bond acceptors (Lipinski definition) is 5. The van der Waals surface area contributed by atoms with E-state index in [0.717, 1.165) is 30.3 Å². The van der Waals surface area contributed by atoms with Crippen LogP contribution in [0.3, 0.4) is 0 Å². The van der Waals surface area contributed by atoms with Crippen LogP contribution in [0.15, 0.2) is 75.5 Å². The third kappa shape index (κ3) is 4.51. The van der Waals surface area contributed by atoms with Crippen LogP contribution < -0.4 is 5.32 Å². The smallest absolute Gasteiger partial charge is 0.256 e. The van der Waals surface area contributed by atoms with Crippen LogP contribution in [-0.2, 0) is 5.75 Å². The Hall–Kier alpha value is -2.66. The maximum atomic E-state index is 12.5. The number of anilines is 1. The molecular weight excluding hydrogens is 466 g/mol. The Morgan fingerprint density at radius 3 is 2.76 bits per heavy atom. The van der Waals surface area contributed by atoms with Gasteiger partial charge in [-0.15, -0.1) is 11.3 Å². The molecule has 1 heterocycles. The van der Waals surface area contributed by atoms with E-state index in [1.165, 1.54) is 0 Å². The van der Waals surface area contributed by atoms with Gasteiger partial charge in [-0.25, -0.2) is 4.98 Å². The number of thiazole rings is 1. The van der Waals surface area contributed by atoms with Crippen molar-refractivity contribution in [2.45, 2.75) is 10.1 Å². The molecule has 7 heteroatoms. The molecule has 0 atom stereocenters. The molecule has 0 aliphatic heterocycles. The van der Waals surface area contributed by atoms with Gasteiger partial charge in [0, 0.05) is 15.9 Å². The minimum Gasteiger partial charge on any atom is -0.322 e. The molecule has 4 rings (SSSR count). The lowest BCUT2D eigenvalue weighted by Gasteiger charge is -2.06. The summed E-state index contributed by atoms with van der Waals surface area (Å²) in [6.07, 6.45) is 0. The van der Waals surface area contributed by atoms with E-state index >= 15 is 0 Å². The van der Waals surface area contributed by atoms with E-state index < -0.39 is 0 Å². The summed E-state index contributed by atoms with van der Waals surface area (Å²) in [7, 11) is 0. The van der Waals surface area contributed by atoms with Crippen LogP contribution in [0.2, 0.25) is 0 Å². The summed E-state index contributed by atoms with van der Waals surface area (Å²) in [5.41, 5.74) is 3.90. The number of halogens is 1. The number of nitriles is 1. The van der Waals surface area contributed by atoms with Gasteiger partial charge in [-0.1, -0.05) is 42.1 Å². The minimum atomic E-state index is -0.163. The second-order valence-corrected chi connectivity index (χ2v) is 9.26. The van der Waals surface area contributed by atoms with Crippen molar-refractivity contribution in [3.63, 3.8) is 0 Å². The van der Waals surface area contributed by atoms with Gasteiger partial charge in [0.15, 0.2) is 4.34 Å². The number of aromatic nitrogens is 1. The summed E-state index contributed by atoms with van der Waals surface area (Å²) in [5, 5.41) is 12.2. The van der Waals surface area contributed by atoms with Crippen molar-refractivity contribution in [1.29, 1.82) is 5.26 Å². The number of carbonyl (C=O) groups is 1. The SMILES string of the molecule is N#Cc1ccccc1CSc1nc2ccc(NC(=O)c3ccccc3Br)cc2s1. The number of amides is 1. The molecule has 0 radical (unpaired) electrons. The highest BCUT2D eigenvalue weighted by Gasteiger charge is 2.11. The maximum absolute atomic E-state index is 12.5. The highest BCUT2D eigenvalue weighted by Crippen LogP contribution is 2.33. The molecule has 1 amide bonds. The molecular formula is C22H14BrN3OS2. The zero-order valence-electron chi connectivity index (χ0n) is 15.1. The first-order valence-corrected chi connectivity index (χ1v) is 11.3. The van der Waals surface area contributed by atoms with E-state index in [2.05, 4.69) is 32.3 Å². The number of nitrogens with zero attached hydrogens (tertiary/aromatic N) is 2. The fraction of sp³-hybridized carbons (Fsp3) is 0.0455. The lowest BCUT2D eigenvalue weighted by Crippen LogP contribution is -2.12. The van der Waals surface area contributed by atoms with Crippen molar-refractivity contribution in [2.75, 3.05) is 5.32 Å². The van der Waals surface area contributed by atoms with Gasteiger partial charge >= 0.3 is 0 Å². The van der Waals surface area contributed by atoms with Gasteiger partial charge in [-0.3, -0.25) is 4.79 Å². The summed E-state index contributed by atoms with van der Waals surface area (Å²) in [5.74, 6) is 0.527. The van der Waals surface area contributed by atoms with Crippen LogP contribution in [-0.4, -0.2) is 10.9 Å². The molecule has 0 saturated carbocycles. The van der Waals surface area contributed by atoms with Crippen LogP contribution in [0.1, 0.15) is 21.5 Å². The van der Waals surface area contributed by atoms with E-state index in [1.54, 1.807) is 29.2 Å². The van der Waals surface area contributed by atoms with Crippen molar-refractivity contribution in [1.82, 2.24) is 4.98 Å². The van der Waals surface area contributed by atoms with Crippen molar-refractivity contribution >= 4 is 60.8 Å². The van der Waals surface area contributed by atoms with Crippen LogP contribution in [0.25, 0.3) is 10.2 Å². The number of thioether (sulfide) groups is 1. The zero-order chi connectivity index (χ0) is 20.2. The average molecular weight is 480 g/mol. The van der Waals surface area contributed by atoms with Gasteiger partial charge in [0.2, 0.25) is 0 Å². The molecule has 29 heavy (non-hydrogen) atoms. The predicted octanol–water partition coefficient (Wildman–Crippen LogP) is 6.48. The number of rotatable bonds is 5. The van der Waals surface area contributed by atoms with Crippen LogP contribution in [0, 0.1) is 11.3 Å². The van der Waals surface area contributed by atoms with Gasteiger partial charge in [0.25, 0.3) is 5.91 Å². The first-order valence-electron chi connectivity index (χ1n) is 8.71. The third-order valence-corrected chi connectivity index (χ3v) is 7.14. The fourth-order valence-electron chi connectivity index (χ4n) is 2.78. The molecule has 3 aromatic carbocycles. The summed E-state index contributed by atoms with van der Waals surface area (Å²) >= 11 is 6.60. The Bertz CT molecular complexity index is 1250. The van der Waals surface area contributed by atoms with Crippen molar-refractivity contribution in [2.24, 2.45) is 0 Å². The van der Waals surface area contributed by atoms with E-state index in [-0.39, 0.29) is 5.91 Å². The second kappa shape index (κ2) is 8.78. The molecule has 142 valence electrons. The molecule has 0 spiro atoms. The zero-order valence-corrected chi connectivity index (χ0v) is 18.3. The number of hydrogen-bond donors (Lipinski definition) is 1. The molecule has 4 aromatic rings. The van der Waals surface area contributed by atoms with Crippen LogP contribution in [0.4, 0.5) is 5.69 Å². The summed E-state index contributed by atoms with van der Waals surface area (Å²) < 4.78 is 2.70. The Morgan fingerprint density at radius 2 is 1.93 bits per heavy atom.